The molecule has 2 heteroatoms. The summed E-state index contributed by atoms with van der Waals surface area (Å²) in [7, 11) is 0. The van der Waals surface area contributed by atoms with Crippen LogP contribution in [0.3, 0.4) is 0 Å². The molecule has 2 aromatic carbocycles. The van der Waals surface area contributed by atoms with Crippen molar-refractivity contribution in [1.29, 1.82) is 0 Å². The van der Waals surface area contributed by atoms with Crippen molar-refractivity contribution in [1.82, 2.24) is 0 Å². The molecule has 3 rings (SSSR count). The molecule has 0 N–H and O–H groups in total. The molecule has 0 fully saturated rings. The van der Waals surface area contributed by atoms with E-state index in [-0.39, 0.29) is 17.6 Å². The van der Waals surface area contributed by atoms with E-state index in [0.29, 0.717) is 5.56 Å². The number of rotatable bonds is 6. The maximum Gasteiger partial charge on any atom is 0.129 e. The van der Waals surface area contributed by atoms with Crippen molar-refractivity contribution >= 4 is 0 Å². The fraction of sp³-hybridized carbons (Fsp3) is 0.478. The van der Waals surface area contributed by atoms with E-state index in [4.69, 9.17) is 0 Å². The second-order valence-electron chi connectivity index (χ2n) is 7.33. The van der Waals surface area contributed by atoms with Crippen LogP contribution >= 0.6 is 0 Å². The monoisotopic (exact) mass is 342 g/mol. The van der Waals surface area contributed by atoms with Gasteiger partial charge >= 0.3 is 0 Å². The Labute approximate surface area is 150 Å². The largest absolute Gasteiger partial charge is 0.207 e. The fourth-order valence-electron chi connectivity index (χ4n) is 4.02. The van der Waals surface area contributed by atoms with Crippen molar-refractivity contribution < 1.29 is 8.78 Å². The smallest absolute Gasteiger partial charge is 0.129 e. The van der Waals surface area contributed by atoms with E-state index in [0.717, 1.165) is 56.9 Å². The molecular weight excluding hydrogens is 314 g/mol. The Balaban J connectivity index is 1.80. The van der Waals surface area contributed by atoms with Crippen LogP contribution in [0, 0.1) is 11.6 Å². The molecular formula is C23H28F2. The number of hydrogen-bond donors (Lipinski definition) is 0. The molecule has 0 nitrogen and oxygen atoms in total. The summed E-state index contributed by atoms with van der Waals surface area (Å²) in [4.78, 5) is 0. The van der Waals surface area contributed by atoms with Crippen molar-refractivity contribution in [2.75, 3.05) is 0 Å². The predicted molar refractivity (Wildman–Crippen MR) is 100 cm³/mol. The van der Waals surface area contributed by atoms with Gasteiger partial charge in [-0.3, -0.25) is 0 Å². The van der Waals surface area contributed by atoms with Gasteiger partial charge in [-0.05, 0) is 78.8 Å². The Morgan fingerprint density at radius 2 is 1.68 bits per heavy atom. The second-order valence-corrected chi connectivity index (χ2v) is 7.33. The molecule has 0 aromatic heterocycles. The van der Waals surface area contributed by atoms with Crippen LogP contribution in [0.1, 0.15) is 73.3 Å². The Morgan fingerprint density at radius 1 is 0.920 bits per heavy atom. The molecule has 25 heavy (non-hydrogen) atoms. The van der Waals surface area contributed by atoms with Crippen LogP contribution in [0.25, 0.3) is 0 Å². The zero-order chi connectivity index (χ0) is 17.8. The van der Waals surface area contributed by atoms with Crippen LogP contribution in [-0.4, -0.2) is 0 Å². The Morgan fingerprint density at radius 3 is 2.36 bits per heavy atom. The molecule has 134 valence electrons. The van der Waals surface area contributed by atoms with Gasteiger partial charge in [-0.15, -0.1) is 0 Å². The van der Waals surface area contributed by atoms with Crippen molar-refractivity contribution in [2.24, 2.45) is 0 Å². The van der Waals surface area contributed by atoms with Gasteiger partial charge in [-0.1, -0.05) is 44.9 Å². The van der Waals surface area contributed by atoms with Crippen LogP contribution in [0.15, 0.2) is 30.3 Å². The molecule has 0 spiro atoms. The highest BCUT2D eigenvalue weighted by molar-refractivity contribution is 5.38. The first-order valence-electron chi connectivity index (χ1n) is 9.70. The summed E-state index contributed by atoms with van der Waals surface area (Å²) in [5.74, 6) is -0.764. The van der Waals surface area contributed by atoms with Crippen molar-refractivity contribution in [2.45, 2.75) is 71.1 Å². The maximum atomic E-state index is 14.7. The quantitative estimate of drug-likeness (QED) is 0.523. The molecule has 0 saturated carbocycles. The number of benzene rings is 2. The Bertz CT molecular complexity index is 710. The normalized spacial score (nSPS) is 16.7. The summed E-state index contributed by atoms with van der Waals surface area (Å²) in [6.45, 7) is 4.29. The van der Waals surface area contributed by atoms with Crippen molar-refractivity contribution in [3.05, 3.63) is 69.8 Å². The summed E-state index contributed by atoms with van der Waals surface area (Å²) in [5.41, 5.74) is 5.03. The molecule has 0 saturated heterocycles. The van der Waals surface area contributed by atoms with Gasteiger partial charge in [0.05, 0.1) is 0 Å². The van der Waals surface area contributed by atoms with Gasteiger partial charge in [0, 0.05) is 5.56 Å². The average Bonchev–Trinajstić information content (AvgIpc) is 2.61. The zero-order valence-corrected chi connectivity index (χ0v) is 15.4. The molecule has 2 aromatic rings. The Kier molecular flexibility index (Phi) is 5.88. The zero-order valence-electron chi connectivity index (χ0n) is 15.4. The van der Waals surface area contributed by atoms with E-state index >= 15 is 0 Å². The summed E-state index contributed by atoms with van der Waals surface area (Å²) in [5, 5.41) is 0. The van der Waals surface area contributed by atoms with Crippen LogP contribution < -0.4 is 0 Å². The van der Waals surface area contributed by atoms with Gasteiger partial charge in [0.25, 0.3) is 0 Å². The summed E-state index contributed by atoms with van der Waals surface area (Å²) in [6.07, 6.45) is 7.46. The van der Waals surface area contributed by atoms with E-state index in [1.807, 2.05) is 0 Å². The molecule has 1 aliphatic carbocycles. The third kappa shape index (κ3) is 4.11. The minimum atomic E-state index is -0.356. The molecule has 0 bridgehead atoms. The van der Waals surface area contributed by atoms with Gasteiger partial charge in [-0.25, -0.2) is 8.78 Å². The van der Waals surface area contributed by atoms with Gasteiger partial charge < -0.3 is 0 Å². The van der Waals surface area contributed by atoms with Gasteiger partial charge in [0.2, 0.25) is 0 Å². The Hall–Kier alpha value is -1.70. The topological polar surface area (TPSA) is 0 Å². The highest BCUT2D eigenvalue weighted by Gasteiger charge is 2.26. The lowest BCUT2D eigenvalue weighted by Crippen LogP contribution is -2.16. The molecule has 0 amide bonds. The average molecular weight is 342 g/mol. The van der Waals surface area contributed by atoms with E-state index in [1.165, 1.54) is 16.7 Å². The number of halogens is 2. The number of hydrogen-bond acceptors (Lipinski definition) is 0. The number of fused-ring (bicyclic) bond motifs is 1. The molecule has 1 unspecified atom stereocenters. The second kappa shape index (κ2) is 8.12. The van der Waals surface area contributed by atoms with E-state index in [2.05, 4.69) is 32.0 Å². The standard InChI is InChI=1S/C23H28F2/c1-3-5-6-7-17-13-21(24)23(22(25)14-17)20-11-10-18-12-16(4-2)8-9-19(18)15-20/h8-9,12-14,20H,3-7,10-11,15H2,1-2H3. The third-order valence-corrected chi connectivity index (χ3v) is 5.52. The van der Waals surface area contributed by atoms with Crippen LogP contribution in [0.5, 0.6) is 0 Å². The summed E-state index contributed by atoms with van der Waals surface area (Å²) >= 11 is 0. The van der Waals surface area contributed by atoms with Crippen molar-refractivity contribution in [3.8, 4) is 0 Å². The van der Waals surface area contributed by atoms with Gasteiger partial charge in [0.15, 0.2) is 0 Å². The number of unbranched alkanes of at least 4 members (excludes halogenated alkanes) is 2. The molecule has 1 atom stereocenters. The lowest BCUT2D eigenvalue weighted by atomic mass is 9.79. The molecule has 1 aliphatic rings. The minimum Gasteiger partial charge on any atom is -0.207 e. The van der Waals surface area contributed by atoms with Crippen LogP contribution in [-0.2, 0) is 25.7 Å². The van der Waals surface area contributed by atoms with Crippen LogP contribution in [0.4, 0.5) is 8.78 Å². The van der Waals surface area contributed by atoms with E-state index in [1.54, 1.807) is 12.1 Å². The third-order valence-electron chi connectivity index (χ3n) is 5.52. The van der Waals surface area contributed by atoms with E-state index < -0.39 is 0 Å². The lowest BCUT2D eigenvalue weighted by Gasteiger charge is -2.26. The highest BCUT2D eigenvalue weighted by atomic mass is 19.1. The van der Waals surface area contributed by atoms with Gasteiger partial charge in [0.1, 0.15) is 11.6 Å². The highest BCUT2D eigenvalue weighted by Crippen LogP contribution is 2.36. The maximum absolute atomic E-state index is 14.7. The minimum absolute atomic E-state index is 0.0512. The van der Waals surface area contributed by atoms with Crippen molar-refractivity contribution in [3.63, 3.8) is 0 Å². The first-order chi connectivity index (χ1) is 12.1. The summed E-state index contributed by atoms with van der Waals surface area (Å²) < 4.78 is 29.3. The number of aryl methyl sites for hydroxylation is 3. The molecule has 0 radical (unpaired) electrons. The predicted octanol–water partition coefficient (Wildman–Crippen LogP) is 6.53. The summed E-state index contributed by atoms with van der Waals surface area (Å²) in [6, 6.07) is 9.67. The van der Waals surface area contributed by atoms with E-state index in [9.17, 15) is 8.78 Å². The lowest BCUT2D eigenvalue weighted by molar-refractivity contribution is 0.489. The fourth-order valence-corrected chi connectivity index (χ4v) is 4.02. The first-order valence-corrected chi connectivity index (χ1v) is 9.70. The van der Waals surface area contributed by atoms with Gasteiger partial charge in [-0.2, -0.15) is 0 Å². The molecule has 0 aliphatic heterocycles. The molecule has 0 heterocycles. The SMILES string of the molecule is CCCCCc1cc(F)c(C2CCc3cc(CC)ccc3C2)c(F)c1. The van der Waals surface area contributed by atoms with Crippen LogP contribution in [0.2, 0.25) is 0 Å². The first kappa shape index (κ1) is 18.1.